The Kier molecular flexibility index (Phi) is 5.16. The fourth-order valence-electron chi connectivity index (χ4n) is 2.48. The van der Waals surface area contributed by atoms with Gasteiger partial charge in [-0.2, -0.15) is 0 Å². The predicted molar refractivity (Wildman–Crippen MR) is 73.9 cm³/mol. The Bertz CT molecular complexity index is 424. The minimum absolute atomic E-state index is 0.0317. The SMILES string of the molecule is O=C(CCCl)NC1CNCCC1c1ccc(F)cc1. The lowest BCUT2D eigenvalue weighted by Gasteiger charge is -2.33. The Balaban J connectivity index is 2.07. The standard InChI is InChI=1S/C14H18ClFN2O/c15-7-5-14(19)18-13-9-17-8-6-12(13)10-1-3-11(16)4-2-10/h1-4,12-13,17H,5-9H2,(H,18,19). The maximum Gasteiger partial charge on any atom is 0.221 e. The van der Waals surface area contributed by atoms with Crippen molar-refractivity contribution in [2.45, 2.75) is 24.8 Å². The van der Waals surface area contributed by atoms with Gasteiger partial charge in [0.2, 0.25) is 5.91 Å². The third-order valence-electron chi connectivity index (χ3n) is 3.45. The van der Waals surface area contributed by atoms with Gasteiger partial charge in [-0.1, -0.05) is 12.1 Å². The summed E-state index contributed by atoms with van der Waals surface area (Å²) in [4.78, 5) is 11.7. The van der Waals surface area contributed by atoms with Crippen molar-refractivity contribution in [3.05, 3.63) is 35.6 Å². The summed E-state index contributed by atoms with van der Waals surface area (Å²) in [5.41, 5.74) is 1.07. The fraction of sp³-hybridized carbons (Fsp3) is 0.500. The van der Waals surface area contributed by atoms with Gasteiger partial charge in [-0.3, -0.25) is 4.79 Å². The van der Waals surface area contributed by atoms with Gasteiger partial charge in [-0.25, -0.2) is 4.39 Å². The van der Waals surface area contributed by atoms with Crippen LogP contribution in [-0.4, -0.2) is 30.9 Å². The normalized spacial score (nSPS) is 23.1. The minimum atomic E-state index is -0.236. The molecular weight excluding hydrogens is 267 g/mol. The van der Waals surface area contributed by atoms with Gasteiger partial charge < -0.3 is 10.6 Å². The number of hydrogen-bond acceptors (Lipinski definition) is 2. The van der Waals surface area contributed by atoms with Gasteiger partial charge in [-0.05, 0) is 30.7 Å². The maximum absolute atomic E-state index is 13.0. The first-order valence-electron chi connectivity index (χ1n) is 6.52. The van der Waals surface area contributed by atoms with Crippen molar-refractivity contribution >= 4 is 17.5 Å². The molecule has 1 fully saturated rings. The maximum atomic E-state index is 13.0. The number of alkyl halides is 1. The molecule has 0 saturated carbocycles. The molecule has 2 atom stereocenters. The molecule has 2 rings (SSSR count). The number of nitrogens with one attached hydrogen (secondary N) is 2. The molecule has 104 valence electrons. The third-order valence-corrected chi connectivity index (χ3v) is 3.64. The second-order valence-corrected chi connectivity index (χ2v) is 5.14. The lowest BCUT2D eigenvalue weighted by Crippen LogP contribution is -2.50. The molecule has 5 heteroatoms. The van der Waals surface area contributed by atoms with Gasteiger partial charge in [-0.15, -0.1) is 11.6 Å². The van der Waals surface area contributed by atoms with Crippen LogP contribution in [0.3, 0.4) is 0 Å². The highest BCUT2D eigenvalue weighted by atomic mass is 35.5. The van der Waals surface area contributed by atoms with Crippen molar-refractivity contribution in [1.29, 1.82) is 0 Å². The summed E-state index contributed by atoms with van der Waals surface area (Å²) in [6, 6.07) is 6.57. The molecule has 1 saturated heterocycles. The van der Waals surface area contributed by atoms with Crippen molar-refractivity contribution in [3.63, 3.8) is 0 Å². The highest BCUT2D eigenvalue weighted by Gasteiger charge is 2.27. The van der Waals surface area contributed by atoms with E-state index < -0.39 is 0 Å². The number of halogens is 2. The molecule has 2 N–H and O–H groups in total. The van der Waals surface area contributed by atoms with Crippen LogP contribution in [0.4, 0.5) is 4.39 Å². The third kappa shape index (κ3) is 3.91. The summed E-state index contributed by atoms with van der Waals surface area (Å²) in [6.07, 6.45) is 1.26. The average molecular weight is 285 g/mol. The summed E-state index contributed by atoms with van der Waals surface area (Å²) in [6.45, 7) is 1.64. The molecule has 1 amide bonds. The lowest BCUT2D eigenvalue weighted by atomic mass is 9.86. The zero-order valence-electron chi connectivity index (χ0n) is 10.7. The van der Waals surface area contributed by atoms with Gasteiger partial charge in [0.25, 0.3) is 0 Å². The van der Waals surface area contributed by atoms with Gasteiger partial charge in [0.05, 0.1) is 0 Å². The highest BCUT2D eigenvalue weighted by molar-refractivity contribution is 6.18. The van der Waals surface area contributed by atoms with Crippen LogP contribution in [0.25, 0.3) is 0 Å². The van der Waals surface area contributed by atoms with E-state index in [0.717, 1.165) is 25.1 Å². The summed E-state index contributed by atoms with van der Waals surface area (Å²) >= 11 is 5.57. The Hall–Kier alpha value is -1.13. The van der Waals surface area contributed by atoms with Crippen LogP contribution in [0.2, 0.25) is 0 Å². The smallest absolute Gasteiger partial charge is 0.221 e. The molecule has 0 aliphatic carbocycles. The molecule has 0 radical (unpaired) electrons. The minimum Gasteiger partial charge on any atom is -0.351 e. The van der Waals surface area contributed by atoms with Crippen molar-refractivity contribution in [2.24, 2.45) is 0 Å². The lowest BCUT2D eigenvalue weighted by molar-refractivity contribution is -0.121. The number of carbonyl (C=O) groups excluding carboxylic acids is 1. The second kappa shape index (κ2) is 6.87. The molecule has 1 aliphatic rings. The Labute approximate surface area is 117 Å². The van der Waals surface area contributed by atoms with Crippen LogP contribution in [-0.2, 0) is 4.79 Å². The zero-order chi connectivity index (χ0) is 13.7. The first-order valence-corrected chi connectivity index (χ1v) is 7.05. The number of piperidine rings is 1. The summed E-state index contributed by atoms with van der Waals surface area (Å²) < 4.78 is 13.0. The molecule has 2 unspecified atom stereocenters. The quantitative estimate of drug-likeness (QED) is 0.831. The van der Waals surface area contributed by atoms with E-state index in [1.807, 2.05) is 0 Å². The van der Waals surface area contributed by atoms with E-state index in [4.69, 9.17) is 11.6 Å². The van der Waals surface area contributed by atoms with Crippen LogP contribution >= 0.6 is 11.6 Å². The summed E-state index contributed by atoms with van der Waals surface area (Å²) in [7, 11) is 0. The van der Waals surface area contributed by atoms with Crippen LogP contribution in [0.15, 0.2) is 24.3 Å². The van der Waals surface area contributed by atoms with Crippen molar-refractivity contribution in [1.82, 2.24) is 10.6 Å². The fourth-order valence-corrected chi connectivity index (χ4v) is 2.66. The molecule has 1 heterocycles. The second-order valence-electron chi connectivity index (χ2n) is 4.76. The number of amides is 1. The number of hydrogen-bond donors (Lipinski definition) is 2. The van der Waals surface area contributed by atoms with E-state index in [0.29, 0.717) is 12.3 Å². The van der Waals surface area contributed by atoms with E-state index in [-0.39, 0.29) is 23.7 Å². The number of rotatable bonds is 4. The average Bonchev–Trinajstić information content (AvgIpc) is 2.41. The predicted octanol–water partition coefficient (Wildman–Crippen LogP) is 2.02. The van der Waals surface area contributed by atoms with E-state index in [2.05, 4.69) is 10.6 Å². The van der Waals surface area contributed by atoms with Crippen LogP contribution in [0.1, 0.15) is 24.3 Å². The molecule has 1 aromatic rings. The van der Waals surface area contributed by atoms with Gasteiger partial charge >= 0.3 is 0 Å². The molecule has 19 heavy (non-hydrogen) atoms. The van der Waals surface area contributed by atoms with E-state index in [9.17, 15) is 9.18 Å². The zero-order valence-corrected chi connectivity index (χ0v) is 11.4. The summed E-state index contributed by atoms with van der Waals surface area (Å²) in [5, 5.41) is 6.27. The van der Waals surface area contributed by atoms with Crippen molar-refractivity contribution in [2.75, 3.05) is 19.0 Å². The Morgan fingerprint density at radius 2 is 2.16 bits per heavy atom. The monoisotopic (exact) mass is 284 g/mol. The number of benzene rings is 1. The molecule has 0 bridgehead atoms. The molecule has 0 aromatic heterocycles. The van der Waals surface area contributed by atoms with E-state index in [1.165, 1.54) is 12.1 Å². The highest BCUT2D eigenvalue weighted by Crippen LogP contribution is 2.25. The Morgan fingerprint density at radius 1 is 1.42 bits per heavy atom. The first-order chi connectivity index (χ1) is 9.20. The molecule has 1 aliphatic heterocycles. The molecular formula is C14H18ClFN2O. The summed E-state index contributed by atoms with van der Waals surface area (Å²) in [5.74, 6) is 0.282. The van der Waals surface area contributed by atoms with Gasteiger partial charge in [0.1, 0.15) is 5.82 Å². The van der Waals surface area contributed by atoms with Gasteiger partial charge in [0.15, 0.2) is 0 Å². The first kappa shape index (κ1) is 14.3. The van der Waals surface area contributed by atoms with Gasteiger partial charge in [0, 0.05) is 30.8 Å². The van der Waals surface area contributed by atoms with Crippen molar-refractivity contribution in [3.8, 4) is 0 Å². The van der Waals surface area contributed by atoms with E-state index in [1.54, 1.807) is 12.1 Å². The van der Waals surface area contributed by atoms with Crippen LogP contribution < -0.4 is 10.6 Å². The largest absolute Gasteiger partial charge is 0.351 e. The molecule has 0 spiro atoms. The van der Waals surface area contributed by atoms with E-state index >= 15 is 0 Å². The van der Waals surface area contributed by atoms with Crippen molar-refractivity contribution < 1.29 is 9.18 Å². The topological polar surface area (TPSA) is 41.1 Å². The Morgan fingerprint density at radius 3 is 2.84 bits per heavy atom. The number of carbonyl (C=O) groups is 1. The van der Waals surface area contributed by atoms with Crippen LogP contribution in [0.5, 0.6) is 0 Å². The molecule has 1 aromatic carbocycles. The van der Waals surface area contributed by atoms with Crippen LogP contribution in [0, 0.1) is 5.82 Å². The molecule has 3 nitrogen and oxygen atoms in total.